The van der Waals surface area contributed by atoms with Gasteiger partial charge in [0.15, 0.2) is 0 Å². The van der Waals surface area contributed by atoms with Gasteiger partial charge in [-0.1, -0.05) is 60.5 Å². The molecule has 0 atom stereocenters. The van der Waals surface area contributed by atoms with Crippen LogP contribution in [0.5, 0.6) is 0 Å². The van der Waals surface area contributed by atoms with Crippen molar-refractivity contribution in [1.29, 1.82) is 0 Å². The lowest BCUT2D eigenvalue weighted by Gasteiger charge is -1.99. The number of hydrogen-bond acceptors (Lipinski definition) is 0. The minimum atomic E-state index is 1.17. The van der Waals surface area contributed by atoms with Crippen molar-refractivity contribution in [3.05, 3.63) is 12.7 Å². The Kier molecular flexibility index (Phi) is 12.4. The van der Waals surface area contributed by atoms with E-state index in [1.54, 1.807) is 0 Å². The molecule has 0 radical (unpaired) electrons. The van der Waals surface area contributed by atoms with E-state index in [1.807, 2.05) is 6.08 Å². The monoisotopic (exact) mass is 246 g/mol. The van der Waals surface area contributed by atoms with Gasteiger partial charge >= 0.3 is 0 Å². The first-order valence-corrected chi connectivity index (χ1v) is 6.71. The molecule has 13 heavy (non-hydrogen) atoms. The van der Waals surface area contributed by atoms with Crippen LogP contribution in [0.3, 0.4) is 0 Å². The van der Waals surface area contributed by atoms with Gasteiger partial charge in [-0.05, 0) is 19.3 Å². The van der Waals surface area contributed by atoms with E-state index in [1.165, 1.54) is 63.1 Å². The maximum atomic E-state index is 3.72. The lowest BCUT2D eigenvalue weighted by molar-refractivity contribution is 0.579. The molecule has 0 aromatic carbocycles. The van der Waals surface area contributed by atoms with Gasteiger partial charge in [0.2, 0.25) is 0 Å². The Balaban J connectivity index is 2.79. The first kappa shape index (κ1) is 13.2. The summed E-state index contributed by atoms with van der Waals surface area (Å²) in [6, 6.07) is 0. The summed E-state index contributed by atoms with van der Waals surface area (Å²) in [4.78, 5) is 0. The molecular formula is C12H23Br. The van der Waals surface area contributed by atoms with Gasteiger partial charge in [-0.25, -0.2) is 0 Å². The maximum Gasteiger partial charge on any atom is 0.00313 e. The van der Waals surface area contributed by atoms with Crippen molar-refractivity contribution in [3.63, 3.8) is 0 Å². The normalized spacial score (nSPS) is 10.2. The molecule has 0 aliphatic carbocycles. The van der Waals surface area contributed by atoms with Gasteiger partial charge in [-0.2, -0.15) is 0 Å². The summed E-state index contributed by atoms with van der Waals surface area (Å²) in [5, 5.41) is 1.17. The number of halogens is 1. The first-order chi connectivity index (χ1) is 6.41. The van der Waals surface area contributed by atoms with E-state index in [4.69, 9.17) is 0 Å². The average molecular weight is 247 g/mol. The second-order valence-corrected chi connectivity index (χ2v) is 4.39. The SMILES string of the molecule is C=CCCCCCCCCCCBr. The van der Waals surface area contributed by atoms with Gasteiger partial charge in [0.25, 0.3) is 0 Å². The molecule has 0 spiro atoms. The van der Waals surface area contributed by atoms with Crippen LogP contribution in [0.25, 0.3) is 0 Å². The third kappa shape index (κ3) is 12.2. The molecule has 0 aliphatic rings. The maximum absolute atomic E-state index is 3.72. The topological polar surface area (TPSA) is 0 Å². The molecule has 0 fully saturated rings. The van der Waals surface area contributed by atoms with Crippen LogP contribution in [0.2, 0.25) is 0 Å². The molecule has 0 saturated heterocycles. The quantitative estimate of drug-likeness (QED) is 0.287. The van der Waals surface area contributed by atoms with Crippen LogP contribution < -0.4 is 0 Å². The van der Waals surface area contributed by atoms with Crippen LogP contribution in [0.4, 0.5) is 0 Å². The summed E-state index contributed by atoms with van der Waals surface area (Å²) in [7, 11) is 0. The summed E-state index contributed by atoms with van der Waals surface area (Å²) in [5.74, 6) is 0. The second-order valence-electron chi connectivity index (χ2n) is 3.59. The number of alkyl halides is 1. The van der Waals surface area contributed by atoms with Crippen molar-refractivity contribution in [2.75, 3.05) is 5.33 Å². The summed E-state index contributed by atoms with van der Waals surface area (Å²) in [6.45, 7) is 3.72. The summed E-state index contributed by atoms with van der Waals surface area (Å²) < 4.78 is 0. The zero-order valence-electron chi connectivity index (χ0n) is 8.73. The number of hydrogen-bond donors (Lipinski definition) is 0. The largest absolute Gasteiger partial charge is 0.103 e. The fraction of sp³-hybridized carbons (Fsp3) is 0.833. The Bertz CT molecular complexity index is 99.3. The first-order valence-electron chi connectivity index (χ1n) is 5.58. The predicted molar refractivity (Wildman–Crippen MR) is 65.5 cm³/mol. The van der Waals surface area contributed by atoms with Crippen molar-refractivity contribution in [3.8, 4) is 0 Å². The molecule has 1 heteroatoms. The molecule has 0 heterocycles. The number of allylic oxidation sites excluding steroid dienone is 1. The Hall–Kier alpha value is 0.220. The molecule has 0 bridgehead atoms. The van der Waals surface area contributed by atoms with E-state index in [0.29, 0.717) is 0 Å². The van der Waals surface area contributed by atoms with Gasteiger partial charge in [-0.15, -0.1) is 6.58 Å². The third-order valence-electron chi connectivity index (χ3n) is 2.29. The molecule has 0 nitrogen and oxygen atoms in total. The summed E-state index contributed by atoms with van der Waals surface area (Å²) >= 11 is 3.45. The van der Waals surface area contributed by atoms with Crippen molar-refractivity contribution in [2.45, 2.75) is 57.8 Å². The van der Waals surface area contributed by atoms with Crippen molar-refractivity contribution in [2.24, 2.45) is 0 Å². The smallest absolute Gasteiger partial charge is 0.00313 e. The van der Waals surface area contributed by atoms with Gasteiger partial charge < -0.3 is 0 Å². The van der Waals surface area contributed by atoms with Crippen LogP contribution in [0.15, 0.2) is 12.7 Å². The van der Waals surface area contributed by atoms with Crippen molar-refractivity contribution >= 4 is 15.9 Å². The van der Waals surface area contributed by atoms with Gasteiger partial charge in [0.05, 0.1) is 0 Å². The standard InChI is InChI=1S/C12H23Br/c1-2-3-4-5-6-7-8-9-10-11-12-13/h2H,1,3-12H2. The molecule has 0 amide bonds. The molecule has 0 N–H and O–H groups in total. The highest BCUT2D eigenvalue weighted by Gasteiger charge is 1.90. The Morgan fingerprint density at radius 1 is 0.769 bits per heavy atom. The van der Waals surface area contributed by atoms with Crippen LogP contribution in [-0.2, 0) is 0 Å². The zero-order chi connectivity index (χ0) is 9.78. The highest BCUT2D eigenvalue weighted by molar-refractivity contribution is 9.09. The highest BCUT2D eigenvalue weighted by atomic mass is 79.9. The third-order valence-corrected chi connectivity index (χ3v) is 2.85. The summed E-state index contributed by atoms with van der Waals surface area (Å²) in [6.07, 6.45) is 14.4. The van der Waals surface area contributed by atoms with Crippen molar-refractivity contribution < 1.29 is 0 Å². The van der Waals surface area contributed by atoms with Crippen molar-refractivity contribution in [1.82, 2.24) is 0 Å². The van der Waals surface area contributed by atoms with Crippen LogP contribution >= 0.6 is 15.9 Å². The van der Waals surface area contributed by atoms with Gasteiger partial charge in [0, 0.05) is 5.33 Å². The zero-order valence-corrected chi connectivity index (χ0v) is 10.3. The summed E-state index contributed by atoms with van der Waals surface area (Å²) in [5.41, 5.74) is 0. The van der Waals surface area contributed by atoms with E-state index in [9.17, 15) is 0 Å². The van der Waals surface area contributed by atoms with E-state index in [-0.39, 0.29) is 0 Å². The van der Waals surface area contributed by atoms with E-state index < -0.39 is 0 Å². The van der Waals surface area contributed by atoms with E-state index in [0.717, 1.165) is 0 Å². The lowest BCUT2D eigenvalue weighted by Crippen LogP contribution is -1.81. The molecule has 0 saturated carbocycles. The molecule has 0 aliphatic heterocycles. The second kappa shape index (κ2) is 12.2. The molecule has 78 valence electrons. The molecule has 0 aromatic rings. The number of unbranched alkanes of at least 4 members (excludes halogenated alkanes) is 8. The minimum absolute atomic E-state index is 1.17. The Morgan fingerprint density at radius 2 is 1.23 bits per heavy atom. The molecular weight excluding hydrogens is 224 g/mol. The number of rotatable bonds is 10. The Labute approximate surface area is 91.9 Å². The van der Waals surface area contributed by atoms with Crippen LogP contribution in [0.1, 0.15) is 57.8 Å². The van der Waals surface area contributed by atoms with E-state index >= 15 is 0 Å². The highest BCUT2D eigenvalue weighted by Crippen LogP contribution is 2.10. The fourth-order valence-electron chi connectivity index (χ4n) is 1.44. The van der Waals surface area contributed by atoms with Crippen LogP contribution in [-0.4, -0.2) is 5.33 Å². The molecule has 0 rings (SSSR count). The predicted octanol–water partition coefficient (Wildman–Crippen LogP) is 5.08. The molecule has 0 unspecified atom stereocenters. The fourth-order valence-corrected chi connectivity index (χ4v) is 1.84. The van der Waals surface area contributed by atoms with Gasteiger partial charge in [-0.3, -0.25) is 0 Å². The Morgan fingerprint density at radius 3 is 1.69 bits per heavy atom. The minimum Gasteiger partial charge on any atom is -0.103 e. The average Bonchev–Trinajstić information content (AvgIpc) is 2.16. The molecule has 0 aromatic heterocycles. The van der Waals surface area contributed by atoms with Crippen LogP contribution in [0, 0.1) is 0 Å². The lowest BCUT2D eigenvalue weighted by atomic mass is 10.1. The van der Waals surface area contributed by atoms with E-state index in [2.05, 4.69) is 22.5 Å². The van der Waals surface area contributed by atoms with Gasteiger partial charge in [0.1, 0.15) is 0 Å².